The van der Waals surface area contributed by atoms with Gasteiger partial charge in [-0.3, -0.25) is 14.4 Å². The Morgan fingerprint density at radius 3 is 2.61 bits per heavy atom. The maximum Gasteiger partial charge on any atom is 0.326 e. The van der Waals surface area contributed by atoms with E-state index < -0.39 is 27.9 Å². The molecule has 1 aromatic carbocycles. The van der Waals surface area contributed by atoms with Crippen molar-refractivity contribution >= 4 is 56.4 Å². The highest BCUT2D eigenvalue weighted by atomic mass is 35.5. The van der Waals surface area contributed by atoms with Gasteiger partial charge in [0, 0.05) is 31.7 Å². The van der Waals surface area contributed by atoms with Gasteiger partial charge in [-0.15, -0.1) is 11.3 Å². The first-order chi connectivity index (χ1) is 17.0. The Morgan fingerprint density at radius 2 is 2.00 bits per heavy atom. The second-order valence-corrected chi connectivity index (χ2v) is 11.9. The van der Waals surface area contributed by atoms with Gasteiger partial charge >= 0.3 is 5.97 Å². The number of carbonyl (C=O) groups excluding carboxylic acids is 3. The lowest BCUT2D eigenvalue weighted by molar-refractivity contribution is -0.145. The molecule has 2 heterocycles. The fourth-order valence-electron chi connectivity index (χ4n) is 3.66. The van der Waals surface area contributed by atoms with Crippen LogP contribution in [0.1, 0.15) is 28.1 Å². The fraction of sp³-hybridized carbons (Fsp3) is 0.435. The number of ether oxygens (including phenoxy) is 1. The van der Waals surface area contributed by atoms with E-state index in [1.807, 2.05) is 4.90 Å². The van der Waals surface area contributed by atoms with Crippen LogP contribution in [0.15, 0.2) is 35.2 Å². The van der Waals surface area contributed by atoms with Crippen LogP contribution in [0.2, 0.25) is 4.34 Å². The second-order valence-electron chi connectivity index (χ2n) is 8.51. The normalized spacial score (nSPS) is 14.8. The smallest absolute Gasteiger partial charge is 0.326 e. The third-order valence-electron chi connectivity index (χ3n) is 5.54. The molecule has 0 unspecified atom stereocenters. The van der Waals surface area contributed by atoms with Crippen molar-refractivity contribution in [2.24, 2.45) is 0 Å². The first kappa shape index (κ1) is 28.1. The minimum Gasteiger partial charge on any atom is -0.463 e. The highest BCUT2D eigenvalue weighted by Crippen LogP contribution is 2.29. The summed E-state index contributed by atoms with van der Waals surface area (Å²) in [7, 11) is -0.610. The number of halogens is 1. The topological polar surface area (TPSA) is 125 Å². The number of nitrogens with one attached hydrogen (secondary N) is 2. The van der Waals surface area contributed by atoms with E-state index in [0.717, 1.165) is 11.3 Å². The number of thiophene rings is 1. The van der Waals surface area contributed by atoms with Gasteiger partial charge in [0.15, 0.2) is 0 Å². The highest BCUT2D eigenvalue weighted by molar-refractivity contribution is 7.89. The first-order valence-corrected chi connectivity index (χ1v) is 13.9. The Hall–Kier alpha value is -2.51. The van der Waals surface area contributed by atoms with Crippen molar-refractivity contribution in [3.63, 3.8) is 0 Å². The van der Waals surface area contributed by atoms with Crippen LogP contribution in [-0.2, 0) is 24.3 Å². The van der Waals surface area contributed by atoms with E-state index >= 15 is 0 Å². The van der Waals surface area contributed by atoms with E-state index in [4.69, 9.17) is 16.3 Å². The molecule has 0 bridgehead atoms. The summed E-state index contributed by atoms with van der Waals surface area (Å²) >= 11 is 6.94. The van der Waals surface area contributed by atoms with Gasteiger partial charge in [0.25, 0.3) is 5.91 Å². The molecule has 10 nitrogen and oxygen atoms in total. The summed E-state index contributed by atoms with van der Waals surface area (Å²) in [4.78, 5) is 41.1. The molecule has 0 radical (unpaired) electrons. The standard InChI is InChI=1S/C23H29ClN4O6S2/c1-15-17(28-11-5-8-21(28)29)6-4-7-19(15)36(32,33)26-16(23(31)34-13-12-27(2)3)14-25-22(30)18-9-10-20(24)35-18/h4,6-7,9-10,16,26H,5,8,11-14H2,1-3H3,(H,25,30)/t16-/m0/s1. The molecule has 0 saturated carbocycles. The second kappa shape index (κ2) is 12.2. The van der Waals surface area contributed by atoms with E-state index in [9.17, 15) is 22.8 Å². The Morgan fingerprint density at radius 1 is 1.25 bits per heavy atom. The van der Waals surface area contributed by atoms with E-state index in [1.54, 1.807) is 44.1 Å². The number of anilines is 1. The molecule has 2 amide bonds. The number of hydrogen-bond acceptors (Lipinski definition) is 8. The van der Waals surface area contributed by atoms with Crippen LogP contribution in [0.3, 0.4) is 0 Å². The first-order valence-electron chi connectivity index (χ1n) is 11.3. The predicted molar refractivity (Wildman–Crippen MR) is 138 cm³/mol. The number of carbonyl (C=O) groups is 3. The van der Waals surface area contributed by atoms with Crippen molar-refractivity contribution in [3.8, 4) is 0 Å². The summed E-state index contributed by atoms with van der Waals surface area (Å²) in [6, 6.07) is 6.37. The van der Waals surface area contributed by atoms with Crippen LogP contribution in [0.5, 0.6) is 0 Å². The Bertz CT molecular complexity index is 1230. The molecule has 2 N–H and O–H groups in total. The molecule has 1 fully saturated rings. The number of likely N-dealkylation sites (N-methyl/N-ethyl adjacent to an activating group) is 1. The van der Waals surface area contributed by atoms with Gasteiger partial charge in [-0.2, -0.15) is 4.72 Å². The van der Waals surface area contributed by atoms with Gasteiger partial charge in [0.1, 0.15) is 12.6 Å². The predicted octanol–water partition coefficient (Wildman–Crippen LogP) is 2.02. The monoisotopic (exact) mass is 556 g/mol. The third kappa shape index (κ3) is 7.04. The molecule has 0 aliphatic carbocycles. The van der Waals surface area contributed by atoms with Gasteiger partial charge in [0.2, 0.25) is 15.9 Å². The van der Waals surface area contributed by atoms with E-state index in [0.29, 0.717) is 46.4 Å². The van der Waals surface area contributed by atoms with Crippen molar-refractivity contribution < 1.29 is 27.5 Å². The Kier molecular flexibility index (Phi) is 9.47. The lowest BCUT2D eigenvalue weighted by Crippen LogP contribution is -2.49. The summed E-state index contributed by atoms with van der Waals surface area (Å²) in [6.07, 6.45) is 1.11. The number of amides is 2. The Labute approximate surface area is 219 Å². The molecule has 1 aromatic heterocycles. The summed E-state index contributed by atoms with van der Waals surface area (Å²) < 4.78 is 34.8. The molecule has 13 heteroatoms. The zero-order chi connectivity index (χ0) is 26.5. The zero-order valence-electron chi connectivity index (χ0n) is 20.2. The van der Waals surface area contributed by atoms with Crippen LogP contribution in [0.25, 0.3) is 0 Å². The van der Waals surface area contributed by atoms with Crippen molar-refractivity contribution in [1.29, 1.82) is 0 Å². The van der Waals surface area contributed by atoms with Crippen molar-refractivity contribution in [2.45, 2.75) is 30.7 Å². The number of benzene rings is 1. The van der Waals surface area contributed by atoms with E-state index in [1.165, 1.54) is 12.1 Å². The largest absolute Gasteiger partial charge is 0.463 e. The van der Waals surface area contributed by atoms with Crippen molar-refractivity contribution in [2.75, 3.05) is 45.2 Å². The van der Waals surface area contributed by atoms with Gasteiger partial charge < -0.3 is 19.9 Å². The van der Waals surface area contributed by atoms with Crippen molar-refractivity contribution in [3.05, 3.63) is 45.1 Å². The number of hydrogen-bond donors (Lipinski definition) is 2. The van der Waals surface area contributed by atoms with Crippen LogP contribution in [0.4, 0.5) is 5.69 Å². The zero-order valence-corrected chi connectivity index (χ0v) is 22.6. The summed E-state index contributed by atoms with van der Waals surface area (Å²) in [6.45, 7) is 2.27. The average Bonchev–Trinajstić information content (AvgIpc) is 3.44. The number of esters is 1. The minimum atomic E-state index is -4.22. The number of nitrogens with zero attached hydrogens (tertiary/aromatic N) is 2. The molecule has 1 aliphatic heterocycles. The lowest BCUT2D eigenvalue weighted by Gasteiger charge is -2.22. The molecule has 1 saturated heterocycles. The molecule has 1 aliphatic rings. The molecule has 3 rings (SSSR count). The molecular weight excluding hydrogens is 528 g/mol. The number of rotatable bonds is 11. The van der Waals surface area contributed by atoms with Gasteiger partial charge in [-0.1, -0.05) is 17.7 Å². The third-order valence-corrected chi connectivity index (χ3v) is 8.38. The lowest BCUT2D eigenvalue weighted by atomic mass is 10.2. The minimum absolute atomic E-state index is 0.0458. The summed E-state index contributed by atoms with van der Waals surface area (Å²) in [5, 5.41) is 2.56. The molecular formula is C23H29ClN4O6S2. The van der Waals surface area contributed by atoms with Crippen LogP contribution in [-0.4, -0.2) is 77.5 Å². The summed E-state index contributed by atoms with van der Waals surface area (Å²) in [5.74, 6) is -1.39. The average molecular weight is 557 g/mol. The van der Waals surface area contributed by atoms with E-state index in [-0.39, 0.29) is 24.0 Å². The maximum atomic E-state index is 13.4. The maximum absolute atomic E-state index is 13.4. The van der Waals surface area contributed by atoms with Crippen LogP contribution >= 0.6 is 22.9 Å². The highest BCUT2D eigenvalue weighted by Gasteiger charge is 2.31. The molecule has 0 spiro atoms. The fourth-order valence-corrected chi connectivity index (χ4v) is 6.07. The quantitative estimate of drug-likeness (QED) is 0.406. The molecule has 1 atom stereocenters. The van der Waals surface area contributed by atoms with Gasteiger partial charge in [0.05, 0.1) is 14.1 Å². The van der Waals surface area contributed by atoms with Gasteiger partial charge in [-0.05, 0) is 57.3 Å². The van der Waals surface area contributed by atoms with Crippen LogP contribution in [0, 0.1) is 6.92 Å². The number of sulfonamides is 1. The molecule has 196 valence electrons. The Balaban J connectivity index is 1.81. The molecule has 2 aromatic rings. The van der Waals surface area contributed by atoms with Crippen molar-refractivity contribution in [1.82, 2.24) is 14.9 Å². The van der Waals surface area contributed by atoms with Crippen LogP contribution < -0.4 is 14.9 Å². The molecule has 36 heavy (non-hydrogen) atoms. The summed E-state index contributed by atoms with van der Waals surface area (Å²) in [5.41, 5.74) is 0.894. The van der Waals surface area contributed by atoms with Gasteiger partial charge in [-0.25, -0.2) is 8.42 Å². The SMILES string of the molecule is Cc1c(N2CCCC2=O)cccc1S(=O)(=O)N[C@@H](CNC(=O)c1ccc(Cl)s1)C(=O)OCCN(C)C. The van der Waals surface area contributed by atoms with E-state index in [2.05, 4.69) is 10.0 Å².